The van der Waals surface area contributed by atoms with Crippen LogP contribution in [0.3, 0.4) is 0 Å². The number of aldehydes is 1. The molecular weight excluding hydrogens is 178 g/mol. The monoisotopic (exact) mass is 184 g/mol. The van der Waals surface area contributed by atoms with Crippen LogP contribution < -0.4 is 4.65 Å². The SMILES string of the molecule is O=Cc1cccc(OB(O)O)c1F. The summed E-state index contributed by atoms with van der Waals surface area (Å²) in [6.07, 6.45) is 0.311. The van der Waals surface area contributed by atoms with Gasteiger partial charge in [-0.05, 0) is 12.1 Å². The molecule has 0 heterocycles. The normalized spacial score (nSPS) is 9.46. The summed E-state index contributed by atoms with van der Waals surface area (Å²) >= 11 is 0. The summed E-state index contributed by atoms with van der Waals surface area (Å²) in [5.41, 5.74) is -0.196. The largest absolute Gasteiger partial charge is 0.707 e. The van der Waals surface area contributed by atoms with Gasteiger partial charge in [-0.1, -0.05) is 6.07 Å². The molecule has 1 rings (SSSR count). The maximum atomic E-state index is 13.1. The van der Waals surface area contributed by atoms with E-state index in [0.717, 1.165) is 0 Å². The first-order chi connectivity index (χ1) is 6.15. The summed E-state index contributed by atoms with van der Waals surface area (Å²) in [4.78, 5) is 10.2. The fourth-order valence-electron chi connectivity index (χ4n) is 0.823. The summed E-state index contributed by atoms with van der Waals surface area (Å²) in [7, 11) is -2.10. The lowest BCUT2D eigenvalue weighted by molar-refractivity contribution is 0.111. The lowest BCUT2D eigenvalue weighted by Gasteiger charge is -2.05. The van der Waals surface area contributed by atoms with Gasteiger partial charge >= 0.3 is 7.32 Å². The predicted octanol–water partition coefficient (Wildman–Crippen LogP) is -0.0135. The molecule has 0 aliphatic carbocycles. The molecule has 13 heavy (non-hydrogen) atoms. The van der Waals surface area contributed by atoms with Gasteiger partial charge in [0.05, 0.1) is 5.56 Å². The molecule has 0 saturated carbocycles. The van der Waals surface area contributed by atoms with Gasteiger partial charge in [-0.2, -0.15) is 0 Å². The highest BCUT2D eigenvalue weighted by Crippen LogP contribution is 2.19. The minimum Gasteiger partial charge on any atom is -0.510 e. The van der Waals surface area contributed by atoms with Crippen molar-refractivity contribution in [1.82, 2.24) is 0 Å². The van der Waals surface area contributed by atoms with Crippen LogP contribution in [0.4, 0.5) is 4.39 Å². The Bertz CT molecular complexity index is 315. The Morgan fingerprint density at radius 2 is 2.15 bits per heavy atom. The van der Waals surface area contributed by atoms with Crippen LogP contribution in [0.1, 0.15) is 10.4 Å². The highest BCUT2D eigenvalue weighted by molar-refractivity contribution is 6.33. The van der Waals surface area contributed by atoms with E-state index in [1.165, 1.54) is 18.2 Å². The Kier molecular flexibility index (Phi) is 3.00. The van der Waals surface area contributed by atoms with Crippen LogP contribution in [-0.2, 0) is 0 Å². The highest BCUT2D eigenvalue weighted by atomic mass is 19.1. The zero-order valence-electron chi connectivity index (χ0n) is 6.48. The molecule has 4 nitrogen and oxygen atoms in total. The lowest BCUT2D eigenvalue weighted by atomic mass is 10.2. The standard InChI is InChI=1S/C7H6BFO4/c9-7-5(4-10)2-1-3-6(7)13-8(11)12/h1-4,11-12H. The van der Waals surface area contributed by atoms with Crippen molar-refractivity contribution in [2.75, 3.05) is 0 Å². The first-order valence-corrected chi connectivity index (χ1v) is 3.41. The fraction of sp³-hybridized carbons (Fsp3) is 0. The second kappa shape index (κ2) is 4.02. The smallest absolute Gasteiger partial charge is 0.510 e. The van der Waals surface area contributed by atoms with E-state index in [4.69, 9.17) is 10.0 Å². The number of benzene rings is 1. The molecule has 0 unspecified atom stereocenters. The van der Waals surface area contributed by atoms with Crippen LogP contribution in [0.15, 0.2) is 18.2 Å². The highest BCUT2D eigenvalue weighted by Gasteiger charge is 2.15. The fourth-order valence-corrected chi connectivity index (χ4v) is 0.823. The zero-order valence-corrected chi connectivity index (χ0v) is 6.48. The van der Waals surface area contributed by atoms with Gasteiger partial charge in [-0.25, -0.2) is 4.39 Å². The van der Waals surface area contributed by atoms with Gasteiger partial charge in [0.2, 0.25) is 0 Å². The molecule has 0 radical (unpaired) electrons. The minimum atomic E-state index is -2.10. The molecule has 0 atom stereocenters. The quantitative estimate of drug-likeness (QED) is 0.511. The first-order valence-electron chi connectivity index (χ1n) is 3.41. The van der Waals surface area contributed by atoms with Crippen LogP contribution in [0.25, 0.3) is 0 Å². The average molecular weight is 184 g/mol. The van der Waals surface area contributed by atoms with Crippen molar-refractivity contribution >= 4 is 13.6 Å². The van der Waals surface area contributed by atoms with Crippen LogP contribution >= 0.6 is 0 Å². The molecular formula is C7H6BFO4. The first kappa shape index (κ1) is 9.69. The Labute approximate surface area is 73.8 Å². The molecule has 0 bridgehead atoms. The van der Waals surface area contributed by atoms with Crippen molar-refractivity contribution in [3.05, 3.63) is 29.6 Å². The molecule has 6 heteroatoms. The van der Waals surface area contributed by atoms with Gasteiger partial charge in [0, 0.05) is 0 Å². The molecule has 0 aliphatic heterocycles. The number of rotatable bonds is 3. The Morgan fingerprint density at radius 1 is 1.46 bits per heavy atom. The topological polar surface area (TPSA) is 66.8 Å². The van der Waals surface area contributed by atoms with Crippen LogP contribution in [0, 0.1) is 5.82 Å². The summed E-state index contributed by atoms with van der Waals surface area (Å²) in [5, 5.41) is 16.7. The zero-order chi connectivity index (χ0) is 9.84. The second-order valence-electron chi connectivity index (χ2n) is 2.22. The lowest BCUT2D eigenvalue weighted by Crippen LogP contribution is -2.21. The van der Waals surface area contributed by atoms with Crippen LogP contribution in [0.2, 0.25) is 0 Å². The number of hydrogen-bond donors (Lipinski definition) is 2. The van der Waals surface area contributed by atoms with E-state index < -0.39 is 13.1 Å². The van der Waals surface area contributed by atoms with E-state index in [0.29, 0.717) is 6.29 Å². The Balaban J connectivity index is 3.01. The van der Waals surface area contributed by atoms with Crippen molar-refractivity contribution in [3.8, 4) is 5.75 Å². The third-order valence-electron chi connectivity index (χ3n) is 1.35. The number of hydrogen-bond acceptors (Lipinski definition) is 4. The maximum Gasteiger partial charge on any atom is 0.707 e. The van der Waals surface area contributed by atoms with E-state index >= 15 is 0 Å². The Morgan fingerprint density at radius 3 is 2.69 bits per heavy atom. The summed E-state index contributed by atoms with van der Waals surface area (Å²) < 4.78 is 17.3. The van der Waals surface area contributed by atoms with E-state index in [-0.39, 0.29) is 11.3 Å². The van der Waals surface area contributed by atoms with E-state index in [1.54, 1.807) is 0 Å². The second-order valence-corrected chi connectivity index (χ2v) is 2.22. The third-order valence-corrected chi connectivity index (χ3v) is 1.35. The van der Waals surface area contributed by atoms with Crippen molar-refractivity contribution < 1.29 is 23.9 Å². The van der Waals surface area contributed by atoms with Gasteiger partial charge in [0.15, 0.2) is 12.1 Å². The molecule has 0 amide bonds. The average Bonchev–Trinajstić information content (AvgIpc) is 2.08. The molecule has 0 aromatic heterocycles. The van der Waals surface area contributed by atoms with Crippen LogP contribution in [-0.4, -0.2) is 23.7 Å². The number of carbonyl (C=O) groups excluding carboxylic acids is 1. The molecule has 68 valence electrons. The van der Waals surface area contributed by atoms with Gasteiger partial charge in [-0.3, -0.25) is 4.79 Å². The van der Waals surface area contributed by atoms with Crippen molar-refractivity contribution in [1.29, 1.82) is 0 Å². The summed E-state index contributed by atoms with van der Waals surface area (Å²) in [6.45, 7) is 0. The molecule has 0 saturated heterocycles. The van der Waals surface area contributed by atoms with E-state index in [1.807, 2.05) is 0 Å². The molecule has 1 aromatic rings. The minimum absolute atomic E-state index is 0.196. The van der Waals surface area contributed by atoms with E-state index in [2.05, 4.69) is 4.65 Å². The van der Waals surface area contributed by atoms with Gasteiger partial charge < -0.3 is 14.7 Å². The van der Waals surface area contributed by atoms with Crippen molar-refractivity contribution in [2.24, 2.45) is 0 Å². The van der Waals surface area contributed by atoms with Crippen LogP contribution in [0.5, 0.6) is 5.75 Å². The maximum absolute atomic E-state index is 13.1. The summed E-state index contributed by atoms with van der Waals surface area (Å²) in [5.74, 6) is -1.29. The van der Waals surface area contributed by atoms with Gasteiger partial charge in [0.25, 0.3) is 0 Å². The third kappa shape index (κ3) is 2.27. The molecule has 1 aromatic carbocycles. The summed E-state index contributed by atoms with van der Waals surface area (Å²) in [6, 6.07) is 3.80. The molecule has 0 fully saturated rings. The van der Waals surface area contributed by atoms with E-state index in [9.17, 15) is 9.18 Å². The number of carbonyl (C=O) groups is 1. The molecule has 0 spiro atoms. The van der Waals surface area contributed by atoms with Gasteiger partial charge in [-0.15, -0.1) is 0 Å². The van der Waals surface area contributed by atoms with Gasteiger partial charge in [0.1, 0.15) is 5.75 Å². The van der Waals surface area contributed by atoms with Crippen molar-refractivity contribution in [2.45, 2.75) is 0 Å². The predicted molar refractivity (Wildman–Crippen MR) is 42.6 cm³/mol. The number of halogens is 1. The van der Waals surface area contributed by atoms with Crippen molar-refractivity contribution in [3.63, 3.8) is 0 Å². The molecule has 0 aliphatic rings. The Hall–Kier alpha value is -1.40. The molecule has 2 N–H and O–H groups in total.